The van der Waals surface area contributed by atoms with E-state index in [9.17, 15) is 14.0 Å². The van der Waals surface area contributed by atoms with Crippen LogP contribution in [-0.4, -0.2) is 15.8 Å². The van der Waals surface area contributed by atoms with Gasteiger partial charge in [0.15, 0.2) is 5.78 Å². The predicted molar refractivity (Wildman–Crippen MR) is 97.1 cm³/mol. The van der Waals surface area contributed by atoms with Crippen molar-refractivity contribution in [3.8, 4) is 11.1 Å². The Morgan fingerprint density at radius 2 is 2.04 bits per heavy atom. The molecular weight excluding hydrogens is 355 g/mol. The molecule has 0 aliphatic rings. The Hall–Kier alpha value is -3.06. The zero-order valence-electron chi connectivity index (χ0n) is 13.7. The van der Waals surface area contributed by atoms with Gasteiger partial charge in [-0.1, -0.05) is 12.1 Å². The second kappa shape index (κ2) is 6.34. The van der Waals surface area contributed by atoms with E-state index in [4.69, 9.17) is 4.42 Å². The third-order valence-corrected chi connectivity index (χ3v) is 5.01. The van der Waals surface area contributed by atoms with E-state index < -0.39 is 0 Å². The molecule has 1 aromatic carbocycles. The molecule has 3 heterocycles. The Balaban J connectivity index is 1.72. The van der Waals surface area contributed by atoms with Gasteiger partial charge >= 0.3 is 0 Å². The largest absolute Gasteiger partial charge is 0.469 e. The Morgan fingerprint density at radius 3 is 2.73 bits per heavy atom. The summed E-state index contributed by atoms with van der Waals surface area (Å²) in [5, 5.41) is 2.25. The number of H-pyrrole nitrogens is 1. The second-order valence-corrected chi connectivity index (χ2v) is 6.70. The third kappa shape index (κ3) is 2.86. The van der Waals surface area contributed by atoms with Gasteiger partial charge in [0.1, 0.15) is 22.2 Å². The monoisotopic (exact) mass is 368 g/mol. The van der Waals surface area contributed by atoms with Gasteiger partial charge in [-0.2, -0.15) is 0 Å². The van der Waals surface area contributed by atoms with Gasteiger partial charge < -0.3 is 9.40 Å². The zero-order chi connectivity index (χ0) is 18.3. The number of halogens is 1. The second-order valence-electron chi connectivity index (χ2n) is 5.84. The van der Waals surface area contributed by atoms with Gasteiger partial charge in [0, 0.05) is 10.9 Å². The molecule has 0 aliphatic carbocycles. The maximum Gasteiger partial charge on any atom is 0.260 e. The number of carbonyl (C=O) groups excluding carboxylic acids is 1. The maximum atomic E-state index is 13.1. The van der Waals surface area contributed by atoms with Crippen molar-refractivity contribution in [2.45, 2.75) is 13.3 Å². The maximum absolute atomic E-state index is 13.1. The molecule has 4 rings (SSSR count). The number of ketones is 1. The highest BCUT2D eigenvalue weighted by Crippen LogP contribution is 2.30. The molecule has 0 spiro atoms. The van der Waals surface area contributed by atoms with Crippen molar-refractivity contribution in [1.82, 2.24) is 9.97 Å². The Morgan fingerprint density at radius 1 is 1.27 bits per heavy atom. The van der Waals surface area contributed by atoms with Crippen LogP contribution in [0, 0.1) is 12.7 Å². The summed E-state index contributed by atoms with van der Waals surface area (Å²) < 4.78 is 18.3. The molecule has 0 unspecified atom stereocenters. The molecular formula is C19H13FN2O3S. The number of nitrogens with zero attached hydrogens (tertiary/aromatic N) is 1. The lowest BCUT2D eigenvalue weighted by Gasteiger charge is -2.02. The van der Waals surface area contributed by atoms with Crippen LogP contribution in [0.2, 0.25) is 0 Å². The Kier molecular flexibility index (Phi) is 4.00. The fourth-order valence-corrected chi connectivity index (χ4v) is 3.81. The fraction of sp³-hybridized carbons (Fsp3) is 0.105. The molecule has 0 aliphatic heterocycles. The summed E-state index contributed by atoms with van der Waals surface area (Å²) in [7, 11) is 0. The van der Waals surface area contributed by atoms with Crippen LogP contribution < -0.4 is 5.56 Å². The SMILES string of the molecule is Cc1occc1C(=O)Cc1nc2scc(-c3ccc(F)cc3)c2c(=O)[nH]1. The quantitative estimate of drug-likeness (QED) is 0.550. The first-order chi connectivity index (χ1) is 12.5. The van der Waals surface area contributed by atoms with Crippen molar-refractivity contribution in [3.05, 3.63) is 75.3 Å². The third-order valence-electron chi connectivity index (χ3n) is 4.14. The molecule has 4 aromatic rings. The Bertz CT molecular complexity index is 1170. The number of aromatic nitrogens is 2. The van der Waals surface area contributed by atoms with Crippen LogP contribution in [0.1, 0.15) is 21.9 Å². The first-order valence-electron chi connectivity index (χ1n) is 7.86. The standard InChI is InChI=1S/C19H13FN2O3S/c1-10-13(6-7-25-10)15(23)8-16-21-18(24)17-14(9-26-19(17)22-16)11-2-4-12(20)5-3-11/h2-7,9H,8H2,1H3,(H,21,22,24). The van der Waals surface area contributed by atoms with Gasteiger partial charge in [-0.05, 0) is 30.7 Å². The van der Waals surface area contributed by atoms with Crippen LogP contribution in [0.5, 0.6) is 0 Å². The van der Waals surface area contributed by atoms with E-state index in [0.717, 1.165) is 5.56 Å². The highest BCUT2D eigenvalue weighted by molar-refractivity contribution is 7.17. The number of benzene rings is 1. The lowest BCUT2D eigenvalue weighted by atomic mass is 10.1. The smallest absolute Gasteiger partial charge is 0.260 e. The summed E-state index contributed by atoms with van der Waals surface area (Å²) in [6, 6.07) is 7.54. The van der Waals surface area contributed by atoms with E-state index in [0.29, 0.717) is 32.9 Å². The molecule has 26 heavy (non-hydrogen) atoms. The van der Waals surface area contributed by atoms with Gasteiger partial charge in [0.25, 0.3) is 5.56 Å². The van der Waals surface area contributed by atoms with Gasteiger partial charge in [0.2, 0.25) is 0 Å². The number of hydrogen-bond donors (Lipinski definition) is 1. The summed E-state index contributed by atoms with van der Waals surface area (Å²) >= 11 is 1.31. The van der Waals surface area contributed by atoms with E-state index in [-0.39, 0.29) is 23.6 Å². The average Bonchev–Trinajstić information content (AvgIpc) is 3.22. The van der Waals surface area contributed by atoms with Crippen LogP contribution in [0.4, 0.5) is 4.39 Å². The van der Waals surface area contributed by atoms with Gasteiger partial charge in [0.05, 0.1) is 23.6 Å². The summed E-state index contributed by atoms with van der Waals surface area (Å²) in [5.41, 5.74) is 1.60. The number of aryl methyl sites for hydroxylation is 1. The minimum atomic E-state index is -0.337. The number of carbonyl (C=O) groups is 1. The minimum Gasteiger partial charge on any atom is -0.469 e. The molecule has 130 valence electrons. The molecule has 0 fully saturated rings. The number of Topliss-reactive ketones (excluding diaryl/α,β-unsaturated/α-hetero) is 1. The van der Waals surface area contributed by atoms with E-state index in [1.54, 1.807) is 25.1 Å². The van der Waals surface area contributed by atoms with Gasteiger partial charge in [-0.3, -0.25) is 9.59 Å². The summed E-state index contributed by atoms with van der Waals surface area (Å²) in [4.78, 5) is 32.6. The molecule has 1 N–H and O–H groups in total. The number of nitrogens with one attached hydrogen (secondary N) is 1. The molecule has 7 heteroatoms. The van der Waals surface area contributed by atoms with Crippen LogP contribution in [0.15, 0.2) is 51.2 Å². The van der Waals surface area contributed by atoms with Gasteiger partial charge in [-0.15, -0.1) is 11.3 Å². The lowest BCUT2D eigenvalue weighted by Crippen LogP contribution is -2.15. The van der Waals surface area contributed by atoms with E-state index in [2.05, 4.69) is 9.97 Å². The summed E-state index contributed by atoms with van der Waals surface area (Å²) in [6.45, 7) is 1.71. The average molecular weight is 368 g/mol. The van der Waals surface area contributed by atoms with Crippen LogP contribution in [-0.2, 0) is 6.42 Å². The molecule has 0 saturated carbocycles. The fourth-order valence-electron chi connectivity index (χ4n) is 2.84. The van der Waals surface area contributed by atoms with Crippen molar-refractivity contribution >= 4 is 27.3 Å². The number of aromatic amines is 1. The zero-order valence-corrected chi connectivity index (χ0v) is 14.5. The normalized spacial score (nSPS) is 11.2. The number of furan rings is 1. The highest BCUT2D eigenvalue weighted by Gasteiger charge is 2.17. The van der Waals surface area contributed by atoms with E-state index in [1.807, 2.05) is 5.38 Å². The molecule has 0 saturated heterocycles. The number of thiophene rings is 1. The van der Waals surface area contributed by atoms with Crippen LogP contribution >= 0.6 is 11.3 Å². The molecule has 5 nitrogen and oxygen atoms in total. The topological polar surface area (TPSA) is 76.0 Å². The summed E-state index contributed by atoms with van der Waals surface area (Å²) in [6.07, 6.45) is 1.44. The number of rotatable bonds is 4. The molecule has 3 aromatic heterocycles. The number of fused-ring (bicyclic) bond motifs is 1. The van der Waals surface area contributed by atoms with Crippen LogP contribution in [0.25, 0.3) is 21.3 Å². The molecule has 0 bridgehead atoms. The molecule has 0 atom stereocenters. The lowest BCUT2D eigenvalue weighted by molar-refractivity contribution is 0.0989. The highest BCUT2D eigenvalue weighted by atomic mass is 32.1. The Labute approximate surface area is 151 Å². The van der Waals surface area contributed by atoms with Crippen molar-refractivity contribution in [3.63, 3.8) is 0 Å². The van der Waals surface area contributed by atoms with E-state index in [1.165, 1.54) is 29.7 Å². The van der Waals surface area contributed by atoms with Crippen molar-refractivity contribution < 1.29 is 13.6 Å². The first-order valence-corrected chi connectivity index (χ1v) is 8.74. The van der Waals surface area contributed by atoms with Crippen molar-refractivity contribution in [2.24, 2.45) is 0 Å². The van der Waals surface area contributed by atoms with E-state index >= 15 is 0 Å². The van der Waals surface area contributed by atoms with Crippen molar-refractivity contribution in [1.29, 1.82) is 0 Å². The predicted octanol–water partition coefficient (Wildman–Crippen LogP) is 4.12. The van der Waals surface area contributed by atoms with Crippen molar-refractivity contribution in [2.75, 3.05) is 0 Å². The van der Waals surface area contributed by atoms with Crippen LogP contribution in [0.3, 0.4) is 0 Å². The molecule has 0 radical (unpaired) electrons. The molecule has 0 amide bonds. The first kappa shape index (κ1) is 16.4. The number of hydrogen-bond acceptors (Lipinski definition) is 5. The van der Waals surface area contributed by atoms with Gasteiger partial charge in [-0.25, -0.2) is 9.37 Å². The summed E-state index contributed by atoms with van der Waals surface area (Å²) in [5.74, 6) is 0.332. The minimum absolute atomic E-state index is 0.0185.